The van der Waals surface area contributed by atoms with Crippen molar-refractivity contribution in [1.29, 1.82) is 0 Å². The van der Waals surface area contributed by atoms with Gasteiger partial charge in [-0.1, -0.05) is 26.0 Å². The van der Waals surface area contributed by atoms with Crippen LogP contribution in [0.15, 0.2) is 24.3 Å². The van der Waals surface area contributed by atoms with E-state index in [9.17, 15) is 0 Å². The van der Waals surface area contributed by atoms with Gasteiger partial charge in [0, 0.05) is 37.9 Å². The Morgan fingerprint density at radius 3 is 2.44 bits per heavy atom. The van der Waals surface area contributed by atoms with Crippen molar-refractivity contribution in [2.75, 3.05) is 38.1 Å². The molecule has 1 heterocycles. The van der Waals surface area contributed by atoms with Crippen LogP contribution in [0.4, 0.5) is 5.69 Å². The molecule has 18 heavy (non-hydrogen) atoms. The highest BCUT2D eigenvalue weighted by atomic mass is 15.3. The van der Waals surface area contributed by atoms with Crippen LogP contribution in [-0.4, -0.2) is 44.2 Å². The average molecular weight is 247 g/mol. The molecule has 1 aromatic carbocycles. The van der Waals surface area contributed by atoms with Crippen molar-refractivity contribution in [2.45, 2.75) is 25.8 Å². The summed E-state index contributed by atoms with van der Waals surface area (Å²) in [4.78, 5) is 4.81. The third kappa shape index (κ3) is 2.85. The highest BCUT2D eigenvalue weighted by molar-refractivity contribution is 5.48. The monoisotopic (exact) mass is 247 g/mol. The zero-order chi connectivity index (χ0) is 13.1. The second-order valence-corrected chi connectivity index (χ2v) is 5.56. The van der Waals surface area contributed by atoms with Crippen molar-refractivity contribution in [3.63, 3.8) is 0 Å². The van der Waals surface area contributed by atoms with Crippen LogP contribution in [0.3, 0.4) is 0 Å². The third-order valence-corrected chi connectivity index (χ3v) is 3.97. The first-order valence-corrected chi connectivity index (χ1v) is 6.87. The summed E-state index contributed by atoms with van der Waals surface area (Å²) >= 11 is 0. The van der Waals surface area contributed by atoms with E-state index in [1.54, 1.807) is 0 Å². The van der Waals surface area contributed by atoms with Gasteiger partial charge in [-0.05, 0) is 30.7 Å². The number of nitrogens with zero attached hydrogens (tertiary/aromatic N) is 2. The molecule has 1 aliphatic rings. The van der Waals surface area contributed by atoms with E-state index in [0.717, 1.165) is 26.2 Å². The van der Waals surface area contributed by atoms with Gasteiger partial charge in [-0.3, -0.25) is 4.90 Å². The molecule has 0 aliphatic carbocycles. The smallest absolute Gasteiger partial charge is 0.0391 e. The lowest BCUT2D eigenvalue weighted by Gasteiger charge is -2.40. The molecule has 0 radical (unpaired) electrons. The van der Waals surface area contributed by atoms with Crippen LogP contribution in [-0.2, 0) is 0 Å². The summed E-state index contributed by atoms with van der Waals surface area (Å²) in [5, 5.41) is 0. The van der Waals surface area contributed by atoms with Gasteiger partial charge in [-0.2, -0.15) is 0 Å². The van der Waals surface area contributed by atoms with E-state index in [4.69, 9.17) is 5.73 Å². The number of hydrogen-bond donors (Lipinski definition) is 1. The van der Waals surface area contributed by atoms with E-state index < -0.39 is 0 Å². The fraction of sp³-hybridized carbons (Fsp3) is 0.600. The molecule has 0 spiro atoms. The molecule has 2 N–H and O–H groups in total. The number of hydrogen-bond acceptors (Lipinski definition) is 3. The van der Waals surface area contributed by atoms with Crippen LogP contribution in [0.2, 0.25) is 0 Å². The lowest BCUT2D eigenvalue weighted by molar-refractivity contribution is 0.224. The lowest BCUT2D eigenvalue weighted by atomic mass is 10.0. The normalized spacial score (nSPS) is 21.6. The van der Waals surface area contributed by atoms with Crippen LogP contribution in [0.25, 0.3) is 0 Å². The van der Waals surface area contributed by atoms with Gasteiger partial charge in [0.05, 0.1) is 0 Å². The first kappa shape index (κ1) is 13.4. The second-order valence-electron chi connectivity index (χ2n) is 5.56. The molecule has 3 nitrogen and oxygen atoms in total. The Labute approximate surface area is 111 Å². The Balaban J connectivity index is 2.07. The topological polar surface area (TPSA) is 32.5 Å². The zero-order valence-electron chi connectivity index (χ0n) is 11.8. The van der Waals surface area contributed by atoms with Crippen molar-refractivity contribution in [3.8, 4) is 0 Å². The molecule has 0 aromatic heterocycles. The summed E-state index contributed by atoms with van der Waals surface area (Å²) < 4.78 is 0. The van der Waals surface area contributed by atoms with Gasteiger partial charge in [0.2, 0.25) is 0 Å². The SMILES string of the molecule is CC(C)c1ccc(N2CCN(C)C(CN)C2)cc1. The molecule has 100 valence electrons. The number of likely N-dealkylation sites (N-methyl/N-ethyl adjacent to an activating group) is 1. The van der Waals surface area contributed by atoms with Gasteiger partial charge in [0.1, 0.15) is 0 Å². The number of rotatable bonds is 3. The first-order chi connectivity index (χ1) is 8.61. The number of piperazine rings is 1. The zero-order valence-corrected chi connectivity index (χ0v) is 11.8. The summed E-state index contributed by atoms with van der Waals surface area (Å²) in [6.07, 6.45) is 0. The molecule has 1 fully saturated rings. The van der Waals surface area contributed by atoms with E-state index in [0.29, 0.717) is 12.0 Å². The minimum Gasteiger partial charge on any atom is -0.369 e. The Kier molecular flexibility index (Phi) is 4.25. The summed E-state index contributed by atoms with van der Waals surface area (Å²) in [6.45, 7) is 8.41. The molecule has 1 saturated heterocycles. The molecule has 3 heteroatoms. The molecular formula is C15H25N3. The Morgan fingerprint density at radius 1 is 1.22 bits per heavy atom. The highest BCUT2D eigenvalue weighted by Crippen LogP contribution is 2.22. The molecule has 0 bridgehead atoms. The summed E-state index contributed by atoms with van der Waals surface area (Å²) in [5.41, 5.74) is 8.56. The van der Waals surface area contributed by atoms with E-state index in [1.165, 1.54) is 11.3 Å². The first-order valence-electron chi connectivity index (χ1n) is 6.87. The van der Waals surface area contributed by atoms with Gasteiger partial charge in [0.25, 0.3) is 0 Å². The minimum absolute atomic E-state index is 0.475. The summed E-state index contributed by atoms with van der Waals surface area (Å²) in [5.74, 6) is 0.600. The molecule has 1 atom stereocenters. The molecule has 1 unspecified atom stereocenters. The van der Waals surface area contributed by atoms with E-state index in [2.05, 4.69) is 55.0 Å². The van der Waals surface area contributed by atoms with Crippen LogP contribution < -0.4 is 10.6 Å². The van der Waals surface area contributed by atoms with E-state index in [-0.39, 0.29) is 0 Å². The van der Waals surface area contributed by atoms with Gasteiger partial charge >= 0.3 is 0 Å². The average Bonchev–Trinajstić information content (AvgIpc) is 2.39. The lowest BCUT2D eigenvalue weighted by Crippen LogP contribution is -2.54. The van der Waals surface area contributed by atoms with Crippen molar-refractivity contribution >= 4 is 5.69 Å². The van der Waals surface area contributed by atoms with Crippen LogP contribution in [0.1, 0.15) is 25.3 Å². The van der Waals surface area contributed by atoms with Crippen LogP contribution in [0, 0.1) is 0 Å². The largest absolute Gasteiger partial charge is 0.369 e. The molecule has 1 aliphatic heterocycles. The molecule has 2 rings (SSSR count). The molecular weight excluding hydrogens is 222 g/mol. The van der Waals surface area contributed by atoms with Crippen molar-refractivity contribution in [2.24, 2.45) is 5.73 Å². The molecule has 0 saturated carbocycles. The Morgan fingerprint density at radius 2 is 1.89 bits per heavy atom. The van der Waals surface area contributed by atoms with Crippen molar-refractivity contribution < 1.29 is 0 Å². The fourth-order valence-corrected chi connectivity index (χ4v) is 2.51. The predicted octanol–water partition coefficient (Wildman–Crippen LogP) is 1.89. The van der Waals surface area contributed by atoms with Crippen LogP contribution >= 0.6 is 0 Å². The molecule has 0 amide bonds. The number of benzene rings is 1. The maximum absolute atomic E-state index is 5.83. The third-order valence-electron chi connectivity index (χ3n) is 3.97. The van der Waals surface area contributed by atoms with Gasteiger partial charge in [-0.15, -0.1) is 0 Å². The molecule has 1 aromatic rings. The van der Waals surface area contributed by atoms with E-state index in [1.807, 2.05) is 0 Å². The minimum atomic E-state index is 0.475. The van der Waals surface area contributed by atoms with Crippen molar-refractivity contribution in [1.82, 2.24) is 4.90 Å². The van der Waals surface area contributed by atoms with Gasteiger partial charge in [0.15, 0.2) is 0 Å². The second kappa shape index (κ2) is 5.72. The number of nitrogens with two attached hydrogens (primary N) is 1. The predicted molar refractivity (Wildman–Crippen MR) is 78.2 cm³/mol. The van der Waals surface area contributed by atoms with E-state index >= 15 is 0 Å². The quantitative estimate of drug-likeness (QED) is 0.885. The number of anilines is 1. The van der Waals surface area contributed by atoms with Crippen molar-refractivity contribution in [3.05, 3.63) is 29.8 Å². The summed E-state index contributed by atoms with van der Waals surface area (Å²) in [6, 6.07) is 9.46. The summed E-state index contributed by atoms with van der Waals surface area (Å²) in [7, 11) is 2.16. The Bertz CT molecular complexity index is 372. The fourth-order valence-electron chi connectivity index (χ4n) is 2.51. The maximum Gasteiger partial charge on any atom is 0.0391 e. The highest BCUT2D eigenvalue weighted by Gasteiger charge is 2.23. The van der Waals surface area contributed by atoms with Gasteiger partial charge < -0.3 is 10.6 Å². The maximum atomic E-state index is 5.83. The van der Waals surface area contributed by atoms with Gasteiger partial charge in [-0.25, -0.2) is 0 Å². The van der Waals surface area contributed by atoms with Crippen LogP contribution in [0.5, 0.6) is 0 Å². The Hall–Kier alpha value is -1.06. The standard InChI is InChI=1S/C15H25N3/c1-12(2)13-4-6-14(7-5-13)18-9-8-17(3)15(10-16)11-18/h4-7,12,15H,8-11,16H2,1-3H3.